The maximum absolute atomic E-state index is 12.7. The van der Waals surface area contributed by atoms with E-state index in [-0.39, 0.29) is 17.5 Å². The van der Waals surface area contributed by atoms with Gasteiger partial charge in [-0.2, -0.15) is 0 Å². The Balaban J connectivity index is 1.50. The molecule has 6 heteroatoms. The fraction of sp³-hybridized carbons (Fsp3) is 0.360. The molecule has 0 amide bonds. The maximum atomic E-state index is 12.7. The van der Waals surface area contributed by atoms with Crippen LogP contribution in [0, 0.1) is 0 Å². The number of hydrogen-bond acceptors (Lipinski definition) is 6. The van der Waals surface area contributed by atoms with Crippen molar-refractivity contribution in [2.24, 2.45) is 0 Å². The van der Waals surface area contributed by atoms with Gasteiger partial charge in [-0.1, -0.05) is 6.42 Å². The van der Waals surface area contributed by atoms with Crippen LogP contribution in [0.5, 0.6) is 11.5 Å². The highest BCUT2D eigenvalue weighted by Crippen LogP contribution is 2.27. The summed E-state index contributed by atoms with van der Waals surface area (Å²) in [6.45, 7) is 1.66. The number of rotatable bonds is 6. The fourth-order valence-electron chi connectivity index (χ4n) is 3.80. The molecule has 0 bridgehead atoms. The number of carbonyl (C=O) groups is 1. The molecule has 6 nitrogen and oxygen atoms in total. The third-order valence-electron chi connectivity index (χ3n) is 5.55. The van der Waals surface area contributed by atoms with Gasteiger partial charge in [-0.15, -0.1) is 0 Å². The predicted octanol–water partition coefficient (Wildman–Crippen LogP) is 5.11. The minimum Gasteiger partial charge on any atom is -0.497 e. The summed E-state index contributed by atoms with van der Waals surface area (Å²) in [5.74, 6) is 1.24. The molecule has 2 aromatic carbocycles. The molecule has 162 valence electrons. The van der Waals surface area contributed by atoms with E-state index < -0.39 is 6.10 Å². The fourth-order valence-corrected chi connectivity index (χ4v) is 3.80. The second-order valence-corrected chi connectivity index (χ2v) is 7.82. The largest absolute Gasteiger partial charge is 0.497 e. The highest BCUT2D eigenvalue weighted by atomic mass is 16.6. The molecule has 0 saturated heterocycles. The topological polar surface area (TPSA) is 75.0 Å². The van der Waals surface area contributed by atoms with Crippen molar-refractivity contribution in [1.82, 2.24) is 0 Å². The van der Waals surface area contributed by atoms with Gasteiger partial charge in [0, 0.05) is 11.6 Å². The van der Waals surface area contributed by atoms with Crippen LogP contribution < -0.4 is 14.9 Å². The zero-order valence-electron chi connectivity index (χ0n) is 17.8. The Labute approximate surface area is 180 Å². The third kappa shape index (κ3) is 4.90. The summed E-state index contributed by atoms with van der Waals surface area (Å²) in [6, 6.07) is 13.7. The van der Waals surface area contributed by atoms with E-state index in [4.69, 9.17) is 18.6 Å². The zero-order valence-corrected chi connectivity index (χ0v) is 17.8. The first-order valence-electron chi connectivity index (χ1n) is 10.6. The lowest BCUT2D eigenvalue weighted by molar-refractivity contribution is -0.158. The average molecular weight is 422 g/mol. The summed E-state index contributed by atoms with van der Waals surface area (Å²) in [4.78, 5) is 25.1. The van der Waals surface area contributed by atoms with Crippen molar-refractivity contribution in [3.8, 4) is 22.8 Å². The van der Waals surface area contributed by atoms with E-state index in [1.165, 1.54) is 12.5 Å². The normalized spacial score (nSPS) is 15.4. The Hall–Kier alpha value is -3.28. The van der Waals surface area contributed by atoms with Gasteiger partial charge in [0.2, 0.25) is 0 Å². The van der Waals surface area contributed by atoms with E-state index >= 15 is 0 Å². The van der Waals surface area contributed by atoms with Gasteiger partial charge in [-0.05, 0) is 75.1 Å². The van der Waals surface area contributed by atoms with Gasteiger partial charge in [-0.3, -0.25) is 4.79 Å². The van der Waals surface area contributed by atoms with Crippen LogP contribution in [-0.4, -0.2) is 25.3 Å². The minimum atomic E-state index is -0.759. The molecule has 0 aliphatic heterocycles. The third-order valence-corrected chi connectivity index (χ3v) is 5.55. The predicted molar refractivity (Wildman–Crippen MR) is 118 cm³/mol. The van der Waals surface area contributed by atoms with Crippen molar-refractivity contribution < 1.29 is 23.4 Å². The molecule has 1 heterocycles. The summed E-state index contributed by atoms with van der Waals surface area (Å²) in [5.41, 5.74) is 1.04. The van der Waals surface area contributed by atoms with Crippen LogP contribution in [0.15, 0.2) is 57.7 Å². The van der Waals surface area contributed by atoms with Gasteiger partial charge in [0.15, 0.2) is 11.5 Å². The number of esters is 1. The lowest BCUT2D eigenvalue weighted by Crippen LogP contribution is -2.31. The van der Waals surface area contributed by atoms with Crippen LogP contribution in [-0.2, 0) is 9.53 Å². The van der Waals surface area contributed by atoms with E-state index in [0.717, 1.165) is 37.0 Å². The van der Waals surface area contributed by atoms with E-state index in [0.29, 0.717) is 22.5 Å². The SMILES string of the molecule is COc1ccc(-c2cc(=O)c3cc(O[C@H](C)C(=O)OC4CCCCC4)ccc3o2)cc1. The molecule has 1 saturated carbocycles. The van der Waals surface area contributed by atoms with Crippen molar-refractivity contribution in [3.05, 3.63) is 58.8 Å². The number of benzene rings is 2. The molecule has 4 rings (SSSR count). The molecule has 1 atom stereocenters. The van der Waals surface area contributed by atoms with Gasteiger partial charge in [0.05, 0.1) is 12.5 Å². The molecule has 1 aliphatic rings. The summed E-state index contributed by atoms with van der Waals surface area (Å²) in [7, 11) is 1.60. The van der Waals surface area contributed by atoms with Crippen molar-refractivity contribution >= 4 is 16.9 Å². The standard InChI is InChI=1S/C25H26O6/c1-16(25(27)30-19-6-4-3-5-7-19)29-20-12-13-23-21(14-20)22(26)15-24(31-23)17-8-10-18(28-2)11-9-17/h8-16,19H,3-7H2,1-2H3/t16-/m1/s1. The van der Waals surface area contributed by atoms with E-state index in [1.807, 2.05) is 24.3 Å². The second kappa shape index (κ2) is 9.25. The van der Waals surface area contributed by atoms with Crippen molar-refractivity contribution in [3.63, 3.8) is 0 Å². The van der Waals surface area contributed by atoms with Gasteiger partial charge in [0.1, 0.15) is 28.9 Å². The van der Waals surface area contributed by atoms with Crippen LogP contribution in [0.1, 0.15) is 39.0 Å². The molecular formula is C25H26O6. The van der Waals surface area contributed by atoms with Crippen LogP contribution in [0.4, 0.5) is 0 Å². The average Bonchev–Trinajstić information content (AvgIpc) is 2.80. The first-order valence-corrected chi connectivity index (χ1v) is 10.6. The first kappa shape index (κ1) is 21.0. The highest BCUT2D eigenvalue weighted by Gasteiger charge is 2.23. The van der Waals surface area contributed by atoms with E-state index in [9.17, 15) is 9.59 Å². The Kier molecular flexibility index (Phi) is 6.26. The van der Waals surface area contributed by atoms with Crippen molar-refractivity contribution in [2.75, 3.05) is 7.11 Å². The maximum Gasteiger partial charge on any atom is 0.347 e. The monoisotopic (exact) mass is 422 g/mol. The number of methoxy groups -OCH3 is 1. The Morgan fingerprint density at radius 1 is 1.00 bits per heavy atom. The Morgan fingerprint density at radius 2 is 1.71 bits per heavy atom. The van der Waals surface area contributed by atoms with Crippen LogP contribution >= 0.6 is 0 Å². The molecule has 0 spiro atoms. The van der Waals surface area contributed by atoms with Crippen molar-refractivity contribution in [2.45, 2.75) is 51.2 Å². The molecule has 3 aromatic rings. The lowest BCUT2D eigenvalue weighted by Gasteiger charge is -2.23. The zero-order chi connectivity index (χ0) is 21.8. The van der Waals surface area contributed by atoms with Gasteiger partial charge in [-0.25, -0.2) is 4.79 Å². The van der Waals surface area contributed by atoms with Gasteiger partial charge >= 0.3 is 5.97 Å². The molecule has 0 unspecified atom stereocenters. The molecule has 0 N–H and O–H groups in total. The number of carbonyl (C=O) groups excluding carboxylic acids is 1. The molecular weight excluding hydrogens is 396 g/mol. The van der Waals surface area contributed by atoms with Crippen LogP contribution in [0.2, 0.25) is 0 Å². The summed E-state index contributed by atoms with van der Waals surface area (Å²) >= 11 is 0. The summed E-state index contributed by atoms with van der Waals surface area (Å²) in [5, 5.41) is 0.391. The lowest BCUT2D eigenvalue weighted by atomic mass is 9.98. The summed E-state index contributed by atoms with van der Waals surface area (Å²) < 4.78 is 22.4. The number of ether oxygens (including phenoxy) is 3. The summed E-state index contributed by atoms with van der Waals surface area (Å²) in [6.07, 6.45) is 4.41. The Morgan fingerprint density at radius 3 is 2.42 bits per heavy atom. The molecule has 0 radical (unpaired) electrons. The number of fused-ring (bicyclic) bond motifs is 1. The van der Waals surface area contributed by atoms with Crippen molar-refractivity contribution in [1.29, 1.82) is 0 Å². The second-order valence-electron chi connectivity index (χ2n) is 7.82. The molecule has 1 fully saturated rings. The smallest absolute Gasteiger partial charge is 0.347 e. The van der Waals surface area contributed by atoms with E-state index in [1.54, 1.807) is 32.2 Å². The Bertz CT molecular complexity index is 1110. The highest BCUT2D eigenvalue weighted by molar-refractivity contribution is 5.80. The first-order chi connectivity index (χ1) is 15.0. The quantitative estimate of drug-likeness (QED) is 0.514. The van der Waals surface area contributed by atoms with Crippen LogP contribution in [0.3, 0.4) is 0 Å². The van der Waals surface area contributed by atoms with Gasteiger partial charge in [0.25, 0.3) is 0 Å². The molecule has 1 aromatic heterocycles. The van der Waals surface area contributed by atoms with E-state index in [2.05, 4.69) is 0 Å². The van der Waals surface area contributed by atoms with Crippen LogP contribution in [0.25, 0.3) is 22.3 Å². The molecule has 31 heavy (non-hydrogen) atoms. The number of hydrogen-bond donors (Lipinski definition) is 0. The minimum absolute atomic E-state index is 0.0210. The molecule has 1 aliphatic carbocycles. The van der Waals surface area contributed by atoms with Gasteiger partial charge < -0.3 is 18.6 Å².